The van der Waals surface area contributed by atoms with Gasteiger partial charge in [-0.15, -0.1) is 0 Å². The standard InChI is InChI=1S/C24H24F2N2O6/c25-24(26)10-20(22(31)32)28(13-24)21(30)9-14(29)11-27-23(33)34-12-19-17-7-3-1-5-15(17)16-6-2-4-8-18(16)19/h1-8,14,19-20,29H,9-13H2,(H,27,33)(H,31,32)/t14?,20-/m1/s1. The number of carbonyl (C=O) groups is 3. The van der Waals surface area contributed by atoms with Crippen molar-refractivity contribution < 1.29 is 38.1 Å². The summed E-state index contributed by atoms with van der Waals surface area (Å²) >= 11 is 0. The van der Waals surface area contributed by atoms with Crippen LogP contribution >= 0.6 is 0 Å². The van der Waals surface area contributed by atoms with Gasteiger partial charge in [-0.1, -0.05) is 48.5 Å². The van der Waals surface area contributed by atoms with Crippen molar-refractivity contribution in [1.29, 1.82) is 0 Å². The summed E-state index contributed by atoms with van der Waals surface area (Å²) in [5.74, 6) is -5.90. The maximum Gasteiger partial charge on any atom is 0.407 e. The molecule has 1 fully saturated rings. The summed E-state index contributed by atoms with van der Waals surface area (Å²) in [7, 11) is 0. The lowest BCUT2D eigenvalue weighted by Gasteiger charge is -2.22. The molecule has 0 saturated carbocycles. The maximum atomic E-state index is 13.6. The summed E-state index contributed by atoms with van der Waals surface area (Å²) in [4.78, 5) is 36.2. The van der Waals surface area contributed by atoms with Crippen LogP contribution in [0, 0.1) is 0 Å². The molecular formula is C24H24F2N2O6. The highest BCUT2D eigenvalue weighted by Gasteiger charge is 2.50. The number of alkyl carbamates (subject to hydrolysis) is 1. The maximum absolute atomic E-state index is 13.6. The van der Waals surface area contributed by atoms with Gasteiger partial charge in [0, 0.05) is 18.9 Å². The third-order valence-corrected chi connectivity index (χ3v) is 6.11. The number of aliphatic carboxylic acids is 1. The molecule has 34 heavy (non-hydrogen) atoms. The van der Waals surface area contributed by atoms with Crippen molar-refractivity contribution in [2.75, 3.05) is 19.7 Å². The van der Waals surface area contributed by atoms with Crippen LogP contribution in [-0.4, -0.2) is 70.8 Å². The largest absolute Gasteiger partial charge is 0.480 e. The molecule has 1 aliphatic heterocycles. The average molecular weight is 474 g/mol. The van der Waals surface area contributed by atoms with Crippen molar-refractivity contribution >= 4 is 18.0 Å². The fourth-order valence-corrected chi connectivity index (χ4v) is 4.54. The Kier molecular flexibility index (Phi) is 6.52. The number of carboxylic acids is 1. The van der Waals surface area contributed by atoms with Crippen molar-refractivity contribution in [3.05, 3.63) is 59.7 Å². The molecular weight excluding hydrogens is 450 g/mol. The van der Waals surface area contributed by atoms with E-state index in [4.69, 9.17) is 9.84 Å². The van der Waals surface area contributed by atoms with Gasteiger partial charge in [0.1, 0.15) is 12.6 Å². The first-order chi connectivity index (χ1) is 16.2. The Balaban J connectivity index is 1.28. The fourth-order valence-electron chi connectivity index (χ4n) is 4.54. The van der Waals surface area contributed by atoms with Crippen molar-refractivity contribution in [2.24, 2.45) is 0 Å². The number of halogens is 2. The summed E-state index contributed by atoms with van der Waals surface area (Å²) in [6, 6.07) is 14.0. The Hall–Kier alpha value is -3.53. The Morgan fingerprint density at radius 3 is 2.26 bits per heavy atom. The monoisotopic (exact) mass is 474 g/mol. The number of rotatable bonds is 7. The zero-order valence-corrected chi connectivity index (χ0v) is 18.1. The van der Waals surface area contributed by atoms with Gasteiger partial charge in [0.15, 0.2) is 0 Å². The van der Waals surface area contributed by atoms with Crippen molar-refractivity contribution in [3.63, 3.8) is 0 Å². The number of carbonyl (C=O) groups excluding carboxylic acids is 2. The van der Waals surface area contributed by atoms with E-state index >= 15 is 0 Å². The molecule has 1 heterocycles. The quantitative estimate of drug-likeness (QED) is 0.568. The predicted octanol–water partition coefficient (Wildman–Crippen LogP) is 2.60. The van der Waals surface area contributed by atoms with Crippen LogP contribution in [0.25, 0.3) is 11.1 Å². The lowest BCUT2D eigenvalue weighted by atomic mass is 9.98. The van der Waals surface area contributed by atoms with Gasteiger partial charge in [-0.05, 0) is 22.3 Å². The zero-order valence-electron chi connectivity index (χ0n) is 18.1. The van der Waals surface area contributed by atoms with Gasteiger partial charge < -0.3 is 25.2 Å². The first kappa shape index (κ1) is 23.6. The number of hydrogen-bond donors (Lipinski definition) is 3. The SMILES string of the molecule is O=C(NCC(O)CC(=O)N1CC(F)(F)C[C@@H]1C(=O)O)OCC1c2ccccc2-c2ccccc21. The Morgan fingerprint density at radius 2 is 1.68 bits per heavy atom. The third kappa shape index (κ3) is 4.86. The van der Waals surface area contributed by atoms with Gasteiger partial charge in [0.05, 0.1) is 19.1 Å². The molecule has 2 aliphatic rings. The Morgan fingerprint density at radius 1 is 1.09 bits per heavy atom. The van der Waals surface area contributed by atoms with E-state index in [1.54, 1.807) is 0 Å². The number of nitrogens with one attached hydrogen (secondary N) is 1. The molecule has 3 N–H and O–H groups in total. The molecule has 4 rings (SSSR count). The first-order valence-corrected chi connectivity index (χ1v) is 10.8. The molecule has 1 saturated heterocycles. The lowest BCUT2D eigenvalue weighted by Crippen LogP contribution is -2.43. The number of carboxylic acid groups (broad SMARTS) is 1. The molecule has 0 spiro atoms. The number of likely N-dealkylation sites (tertiary alicyclic amines) is 1. The molecule has 2 amide bonds. The molecule has 1 unspecified atom stereocenters. The summed E-state index contributed by atoms with van der Waals surface area (Å²) in [5.41, 5.74) is 4.23. The van der Waals surface area contributed by atoms with Crippen LogP contribution in [0.2, 0.25) is 0 Å². The van der Waals surface area contributed by atoms with E-state index in [0.717, 1.165) is 22.3 Å². The van der Waals surface area contributed by atoms with Crippen molar-refractivity contribution in [2.45, 2.75) is 36.8 Å². The van der Waals surface area contributed by atoms with E-state index in [0.29, 0.717) is 4.90 Å². The number of hydrogen-bond acceptors (Lipinski definition) is 5. The summed E-state index contributed by atoms with van der Waals surface area (Å²) < 4.78 is 32.5. The summed E-state index contributed by atoms with van der Waals surface area (Å²) in [6.45, 7) is -1.31. The molecule has 2 atom stereocenters. The molecule has 180 valence electrons. The smallest absolute Gasteiger partial charge is 0.407 e. The number of benzene rings is 2. The molecule has 0 radical (unpaired) electrons. The number of amides is 2. The van der Waals surface area contributed by atoms with E-state index in [-0.39, 0.29) is 19.1 Å². The van der Waals surface area contributed by atoms with E-state index in [2.05, 4.69) is 5.32 Å². The molecule has 0 bridgehead atoms. The van der Waals surface area contributed by atoms with E-state index in [9.17, 15) is 28.3 Å². The number of alkyl halides is 2. The van der Waals surface area contributed by atoms with Gasteiger partial charge >= 0.3 is 12.1 Å². The van der Waals surface area contributed by atoms with Crippen LogP contribution in [0.5, 0.6) is 0 Å². The molecule has 10 heteroatoms. The number of ether oxygens (including phenoxy) is 1. The molecule has 1 aliphatic carbocycles. The second kappa shape index (κ2) is 9.38. The van der Waals surface area contributed by atoms with Gasteiger partial charge in [-0.25, -0.2) is 18.4 Å². The van der Waals surface area contributed by atoms with Crippen LogP contribution in [0.1, 0.15) is 29.9 Å². The molecule has 2 aromatic rings. The normalized spacial score (nSPS) is 19.3. The highest BCUT2D eigenvalue weighted by molar-refractivity contribution is 5.85. The molecule has 0 aromatic heterocycles. The average Bonchev–Trinajstić information content (AvgIpc) is 3.31. The van der Waals surface area contributed by atoms with E-state index in [1.165, 1.54) is 0 Å². The van der Waals surface area contributed by atoms with Crippen LogP contribution < -0.4 is 5.32 Å². The minimum Gasteiger partial charge on any atom is -0.480 e. The minimum absolute atomic E-state index is 0.0675. The third-order valence-electron chi connectivity index (χ3n) is 6.11. The van der Waals surface area contributed by atoms with Crippen molar-refractivity contribution in [1.82, 2.24) is 10.2 Å². The highest BCUT2D eigenvalue weighted by atomic mass is 19.3. The predicted molar refractivity (Wildman–Crippen MR) is 116 cm³/mol. The van der Waals surface area contributed by atoms with Crippen LogP contribution in [0.15, 0.2) is 48.5 Å². The number of aliphatic hydroxyl groups is 1. The van der Waals surface area contributed by atoms with Crippen LogP contribution in [0.3, 0.4) is 0 Å². The molecule has 2 aromatic carbocycles. The summed E-state index contributed by atoms with van der Waals surface area (Å²) in [6.07, 6.45) is -3.77. The zero-order chi connectivity index (χ0) is 24.5. The topological polar surface area (TPSA) is 116 Å². The van der Waals surface area contributed by atoms with Gasteiger partial charge in [0.25, 0.3) is 5.92 Å². The van der Waals surface area contributed by atoms with E-state index in [1.807, 2.05) is 48.5 Å². The number of fused-ring (bicyclic) bond motifs is 3. The van der Waals surface area contributed by atoms with Crippen LogP contribution in [-0.2, 0) is 14.3 Å². The second-order valence-corrected chi connectivity index (χ2v) is 8.50. The Labute approximate surface area is 194 Å². The first-order valence-electron chi connectivity index (χ1n) is 10.8. The number of aliphatic hydroxyl groups excluding tert-OH is 1. The fraction of sp³-hybridized carbons (Fsp3) is 0.375. The second-order valence-electron chi connectivity index (χ2n) is 8.50. The van der Waals surface area contributed by atoms with E-state index < -0.39 is 55.4 Å². The minimum atomic E-state index is -3.30. The van der Waals surface area contributed by atoms with Crippen molar-refractivity contribution in [3.8, 4) is 11.1 Å². The van der Waals surface area contributed by atoms with Gasteiger partial charge in [-0.3, -0.25) is 4.79 Å². The van der Waals surface area contributed by atoms with Gasteiger partial charge in [0.2, 0.25) is 5.91 Å². The summed E-state index contributed by atoms with van der Waals surface area (Å²) in [5, 5.41) is 21.5. The number of nitrogens with zero attached hydrogens (tertiary/aromatic N) is 1. The Bertz CT molecular complexity index is 1060. The highest BCUT2D eigenvalue weighted by Crippen LogP contribution is 2.44. The van der Waals surface area contributed by atoms with Crippen LogP contribution in [0.4, 0.5) is 13.6 Å². The molecule has 8 nitrogen and oxygen atoms in total. The van der Waals surface area contributed by atoms with Gasteiger partial charge in [-0.2, -0.15) is 0 Å². The lowest BCUT2D eigenvalue weighted by molar-refractivity contribution is -0.149.